The van der Waals surface area contributed by atoms with E-state index in [1.165, 1.54) is 30.2 Å². The molecule has 0 aliphatic heterocycles. The fourth-order valence-electron chi connectivity index (χ4n) is 1.89. The number of carbonyl (C=O) groups is 3. The number of esters is 1. The Kier molecular flexibility index (Phi) is 7.48. The number of likely N-dealkylation sites (N-methyl/N-ethyl adjacent to an activating group) is 1. The van der Waals surface area contributed by atoms with Crippen molar-refractivity contribution >= 4 is 17.8 Å². The molecule has 0 bridgehead atoms. The predicted octanol–water partition coefficient (Wildman–Crippen LogP) is 1.65. The molecule has 0 saturated carbocycles. The lowest BCUT2D eigenvalue weighted by Crippen LogP contribution is -2.28. The number of hydrogen-bond acceptors (Lipinski definition) is 5. The monoisotopic (exact) mass is 335 g/mol. The van der Waals surface area contributed by atoms with Crippen LogP contribution in [0.15, 0.2) is 30.4 Å². The minimum absolute atomic E-state index is 0.0276. The van der Waals surface area contributed by atoms with Crippen LogP contribution in [0.5, 0.6) is 11.5 Å². The van der Waals surface area contributed by atoms with Gasteiger partial charge >= 0.3 is 11.9 Å². The summed E-state index contributed by atoms with van der Waals surface area (Å²) in [5.41, 5.74) is 0.538. The van der Waals surface area contributed by atoms with Crippen molar-refractivity contribution in [1.29, 1.82) is 0 Å². The summed E-state index contributed by atoms with van der Waals surface area (Å²) >= 11 is 0. The predicted molar refractivity (Wildman–Crippen MR) is 87.0 cm³/mol. The molecule has 24 heavy (non-hydrogen) atoms. The zero-order chi connectivity index (χ0) is 18.1. The van der Waals surface area contributed by atoms with Gasteiger partial charge in [-0.25, -0.2) is 0 Å². The van der Waals surface area contributed by atoms with Crippen molar-refractivity contribution in [1.82, 2.24) is 4.90 Å². The second-order valence-electron chi connectivity index (χ2n) is 5.04. The van der Waals surface area contributed by atoms with Gasteiger partial charge in [-0.15, -0.1) is 0 Å². The molecule has 0 saturated heterocycles. The van der Waals surface area contributed by atoms with Crippen LogP contribution in [-0.2, 0) is 20.8 Å². The van der Waals surface area contributed by atoms with Crippen LogP contribution in [0.2, 0.25) is 0 Å². The van der Waals surface area contributed by atoms with E-state index in [4.69, 9.17) is 14.6 Å². The number of ether oxygens (including phenoxy) is 2. The second kappa shape index (κ2) is 9.34. The molecule has 0 aliphatic carbocycles. The third-order valence-corrected chi connectivity index (χ3v) is 3.14. The zero-order valence-corrected chi connectivity index (χ0v) is 13.9. The Balaban J connectivity index is 2.66. The van der Waals surface area contributed by atoms with Crippen molar-refractivity contribution in [3.63, 3.8) is 0 Å². The third kappa shape index (κ3) is 6.12. The first-order valence-electron chi connectivity index (χ1n) is 7.34. The first-order chi connectivity index (χ1) is 11.4. The average Bonchev–Trinajstić information content (AvgIpc) is 2.53. The molecule has 0 aromatic heterocycles. The van der Waals surface area contributed by atoms with Crippen molar-refractivity contribution in [3.05, 3.63) is 35.9 Å². The summed E-state index contributed by atoms with van der Waals surface area (Å²) in [6.45, 7) is 1.96. The molecule has 7 heteroatoms. The highest BCUT2D eigenvalue weighted by Crippen LogP contribution is 2.28. The van der Waals surface area contributed by atoms with E-state index in [2.05, 4.69) is 0 Å². The molecule has 0 atom stereocenters. The van der Waals surface area contributed by atoms with Crippen molar-refractivity contribution in [2.24, 2.45) is 0 Å². The second-order valence-corrected chi connectivity index (χ2v) is 5.04. The molecule has 1 rings (SSSR count). The summed E-state index contributed by atoms with van der Waals surface area (Å²) in [5.74, 6) is -1.18. The smallest absolute Gasteiger partial charge is 0.313 e. The highest BCUT2D eigenvalue weighted by molar-refractivity contribution is 5.87. The molecule has 0 heterocycles. The number of carbonyl (C=O) groups excluding carboxylic acids is 2. The normalized spacial score (nSPS) is 10.5. The van der Waals surface area contributed by atoms with E-state index in [1.54, 1.807) is 26.1 Å². The molecular weight excluding hydrogens is 314 g/mol. The molecule has 130 valence electrons. The number of nitrogens with zero attached hydrogens (tertiary/aromatic N) is 1. The summed E-state index contributed by atoms with van der Waals surface area (Å²) < 4.78 is 10.3. The number of carboxylic acid groups (broad SMARTS) is 1. The molecule has 0 fully saturated rings. The zero-order valence-electron chi connectivity index (χ0n) is 13.9. The summed E-state index contributed by atoms with van der Waals surface area (Å²) in [7, 11) is 3.00. The lowest BCUT2D eigenvalue weighted by molar-refractivity contribution is -0.137. The number of benzene rings is 1. The maximum absolute atomic E-state index is 11.9. The van der Waals surface area contributed by atoms with Crippen LogP contribution in [0.1, 0.15) is 18.9 Å². The fraction of sp³-hybridized carbons (Fsp3) is 0.353. The van der Waals surface area contributed by atoms with Crippen LogP contribution in [0.4, 0.5) is 0 Å². The van der Waals surface area contributed by atoms with Gasteiger partial charge in [-0.3, -0.25) is 14.4 Å². The van der Waals surface area contributed by atoms with E-state index < -0.39 is 11.9 Å². The van der Waals surface area contributed by atoms with Crippen LogP contribution < -0.4 is 9.47 Å². The van der Waals surface area contributed by atoms with Crippen molar-refractivity contribution in [3.8, 4) is 11.5 Å². The highest BCUT2D eigenvalue weighted by atomic mass is 16.6. The SMILES string of the molecule is C/C=C\C(=O)N(C)CCC(=O)Oc1ccc(CC(=O)O)cc1OC. The number of carboxylic acids is 1. The molecule has 1 aromatic carbocycles. The largest absolute Gasteiger partial charge is 0.493 e. The lowest BCUT2D eigenvalue weighted by atomic mass is 10.1. The van der Waals surface area contributed by atoms with E-state index in [-0.39, 0.29) is 36.8 Å². The van der Waals surface area contributed by atoms with Gasteiger partial charge in [0.05, 0.1) is 20.0 Å². The third-order valence-electron chi connectivity index (χ3n) is 3.14. The van der Waals surface area contributed by atoms with Gasteiger partial charge < -0.3 is 19.5 Å². The fourth-order valence-corrected chi connectivity index (χ4v) is 1.89. The molecule has 7 nitrogen and oxygen atoms in total. The van der Waals surface area contributed by atoms with Gasteiger partial charge in [0.1, 0.15) is 0 Å². The molecule has 0 radical (unpaired) electrons. The Morgan fingerprint density at radius 2 is 1.96 bits per heavy atom. The van der Waals surface area contributed by atoms with E-state index >= 15 is 0 Å². The molecular formula is C17H21NO6. The lowest BCUT2D eigenvalue weighted by Gasteiger charge is -2.15. The van der Waals surface area contributed by atoms with Gasteiger partial charge in [-0.1, -0.05) is 12.1 Å². The standard InChI is InChI=1S/C17H21NO6/c1-4-5-15(19)18(2)9-8-17(22)24-13-7-6-12(11-16(20)21)10-14(13)23-3/h4-7,10H,8-9,11H2,1-3H3,(H,20,21)/b5-4-. The molecule has 0 unspecified atom stereocenters. The number of amides is 1. The minimum atomic E-state index is -0.962. The maximum Gasteiger partial charge on any atom is 0.313 e. The summed E-state index contributed by atoms with van der Waals surface area (Å²) in [4.78, 5) is 35.6. The number of methoxy groups -OCH3 is 1. The van der Waals surface area contributed by atoms with Gasteiger partial charge in [0.2, 0.25) is 5.91 Å². The quantitative estimate of drug-likeness (QED) is 0.441. The molecule has 0 aliphatic rings. The first kappa shape index (κ1) is 19.2. The van der Waals surface area contributed by atoms with Crippen molar-refractivity contribution in [2.75, 3.05) is 20.7 Å². The van der Waals surface area contributed by atoms with Crippen LogP contribution in [0, 0.1) is 0 Å². The Hall–Kier alpha value is -2.83. The van der Waals surface area contributed by atoms with E-state index in [9.17, 15) is 14.4 Å². The Bertz CT molecular complexity index is 638. The van der Waals surface area contributed by atoms with Gasteiger partial charge in [0.25, 0.3) is 0 Å². The Morgan fingerprint density at radius 1 is 1.25 bits per heavy atom. The molecule has 1 aromatic rings. The number of allylic oxidation sites excluding steroid dienone is 1. The van der Waals surface area contributed by atoms with Crippen molar-refractivity contribution in [2.45, 2.75) is 19.8 Å². The summed E-state index contributed by atoms with van der Waals surface area (Å²) in [6.07, 6.45) is 2.92. The maximum atomic E-state index is 11.9. The van der Waals surface area contributed by atoms with Crippen LogP contribution >= 0.6 is 0 Å². The summed E-state index contributed by atoms with van der Waals surface area (Å²) in [5, 5.41) is 8.79. The van der Waals surface area contributed by atoms with E-state index in [1.807, 2.05) is 0 Å². The topological polar surface area (TPSA) is 93.1 Å². The van der Waals surface area contributed by atoms with Crippen LogP contribution in [0.3, 0.4) is 0 Å². The van der Waals surface area contributed by atoms with Gasteiger partial charge in [-0.2, -0.15) is 0 Å². The Morgan fingerprint density at radius 3 is 2.54 bits per heavy atom. The van der Waals surface area contributed by atoms with Gasteiger partial charge in [0, 0.05) is 13.6 Å². The number of aliphatic carboxylic acids is 1. The molecule has 0 spiro atoms. The van der Waals surface area contributed by atoms with E-state index in [0.717, 1.165) is 0 Å². The van der Waals surface area contributed by atoms with E-state index in [0.29, 0.717) is 5.56 Å². The number of rotatable bonds is 8. The van der Waals surface area contributed by atoms with Crippen molar-refractivity contribution < 1.29 is 29.0 Å². The Labute approximate surface area is 140 Å². The number of hydrogen-bond donors (Lipinski definition) is 1. The average molecular weight is 335 g/mol. The molecule has 1 amide bonds. The van der Waals surface area contributed by atoms with Crippen LogP contribution in [0.25, 0.3) is 0 Å². The minimum Gasteiger partial charge on any atom is -0.493 e. The summed E-state index contributed by atoms with van der Waals surface area (Å²) in [6, 6.07) is 4.56. The molecule has 1 N–H and O–H groups in total. The highest BCUT2D eigenvalue weighted by Gasteiger charge is 2.14. The van der Waals surface area contributed by atoms with Gasteiger partial charge in [0.15, 0.2) is 11.5 Å². The first-order valence-corrected chi connectivity index (χ1v) is 7.34. The van der Waals surface area contributed by atoms with Crippen LogP contribution in [-0.4, -0.2) is 48.6 Å². The van der Waals surface area contributed by atoms with Gasteiger partial charge in [-0.05, 0) is 30.7 Å².